The van der Waals surface area contributed by atoms with Gasteiger partial charge in [0.25, 0.3) is 0 Å². The summed E-state index contributed by atoms with van der Waals surface area (Å²) in [6.07, 6.45) is 0.534. The highest BCUT2D eigenvalue weighted by atomic mass is 35.5. The number of amides is 2. The molecule has 174 valence electrons. The summed E-state index contributed by atoms with van der Waals surface area (Å²) in [7, 11) is 1.91. The van der Waals surface area contributed by atoms with Gasteiger partial charge in [-0.05, 0) is 63.8 Å². The summed E-state index contributed by atoms with van der Waals surface area (Å²) in [5.74, 6) is 0. The van der Waals surface area contributed by atoms with Gasteiger partial charge in [-0.1, -0.05) is 23.2 Å². The molecule has 0 aliphatic heterocycles. The molecule has 2 aromatic rings. The number of alkyl carbamates (subject to hydrolysis) is 2. The van der Waals surface area contributed by atoms with E-state index < -0.39 is 12.2 Å². The van der Waals surface area contributed by atoms with Crippen molar-refractivity contribution in [3.05, 3.63) is 44.6 Å². The van der Waals surface area contributed by atoms with Gasteiger partial charge in [0.2, 0.25) is 0 Å². The van der Waals surface area contributed by atoms with Gasteiger partial charge in [-0.2, -0.15) is 0 Å². The lowest BCUT2D eigenvalue weighted by Gasteiger charge is -2.20. The molecule has 0 fully saturated rings. The van der Waals surface area contributed by atoms with Crippen molar-refractivity contribution in [3.8, 4) is 11.3 Å². The molecule has 0 bridgehead atoms. The van der Waals surface area contributed by atoms with Gasteiger partial charge in [0, 0.05) is 30.3 Å². The van der Waals surface area contributed by atoms with E-state index in [0.29, 0.717) is 10.0 Å². The summed E-state index contributed by atoms with van der Waals surface area (Å²) in [6.45, 7) is 7.57. The molecule has 1 aromatic carbocycles. The summed E-state index contributed by atoms with van der Waals surface area (Å²) >= 11 is 12.6. The van der Waals surface area contributed by atoms with Crippen LogP contribution in [0, 0.1) is 0 Å². The summed E-state index contributed by atoms with van der Waals surface area (Å²) in [5.41, 5.74) is 5.71. The normalized spacial score (nSPS) is 12.4. The monoisotopic (exact) mass is 481 g/mol. The zero-order valence-corrected chi connectivity index (χ0v) is 20.5. The molecule has 1 aliphatic rings. The quantitative estimate of drug-likeness (QED) is 0.581. The molecule has 0 spiro atoms. The van der Waals surface area contributed by atoms with E-state index in [1.165, 1.54) is 0 Å². The summed E-state index contributed by atoms with van der Waals surface area (Å²) in [6, 6.07) is 3.69. The SMILES string of the molecule is CC(C)NC(=O)OCc1c2c(n(C)c1COC(=O)NC(C)C)-c1cc(Cl)c(Cl)cc1CC2. The Morgan fingerprint density at radius 3 is 2.12 bits per heavy atom. The number of fused-ring (bicyclic) bond motifs is 3. The molecule has 0 saturated heterocycles. The molecule has 3 rings (SSSR count). The highest BCUT2D eigenvalue weighted by Crippen LogP contribution is 2.41. The molecule has 2 amide bonds. The number of nitrogens with zero attached hydrogens (tertiary/aromatic N) is 1. The van der Waals surface area contributed by atoms with Crippen LogP contribution in [0.4, 0.5) is 9.59 Å². The average molecular weight is 482 g/mol. The third-order valence-corrected chi connectivity index (χ3v) is 6.01. The summed E-state index contributed by atoms with van der Waals surface area (Å²) in [5, 5.41) is 6.44. The fraction of sp³-hybridized carbons (Fsp3) is 0.478. The molecule has 9 heteroatoms. The van der Waals surface area contributed by atoms with Crippen LogP contribution in [0.3, 0.4) is 0 Å². The van der Waals surface area contributed by atoms with Crippen LogP contribution in [0.1, 0.15) is 50.1 Å². The van der Waals surface area contributed by atoms with E-state index in [1.54, 1.807) is 0 Å². The topological polar surface area (TPSA) is 81.6 Å². The molecule has 1 aromatic heterocycles. The predicted octanol–water partition coefficient (Wildman–Crippen LogP) is 5.37. The first-order chi connectivity index (χ1) is 15.1. The molecule has 0 atom stereocenters. The van der Waals surface area contributed by atoms with Crippen molar-refractivity contribution in [1.82, 2.24) is 15.2 Å². The lowest BCUT2D eigenvalue weighted by molar-refractivity contribution is 0.127. The molecular formula is C23H29Cl2N3O4. The van der Waals surface area contributed by atoms with E-state index in [4.69, 9.17) is 32.7 Å². The maximum atomic E-state index is 12.1. The first-order valence-electron chi connectivity index (χ1n) is 10.6. The zero-order valence-electron chi connectivity index (χ0n) is 19.0. The van der Waals surface area contributed by atoms with Gasteiger partial charge in [0.15, 0.2) is 0 Å². The van der Waals surface area contributed by atoms with Crippen molar-refractivity contribution in [2.75, 3.05) is 0 Å². The molecule has 32 heavy (non-hydrogen) atoms. The number of nitrogens with one attached hydrogen (secondary N) is 2. The van der Waals surface area contributed by atoms with Crippen LogP contribution in [0.5, 0.6) is 0 Å². The van der Waals surface area contributed by atoms with Crippen molar-refractivity contribution in [3.63, 3.8) is 0 Å². The van der Waals surface area contributed by atoms with Crippen LogP contribution >= 0.6 is 23.2 Å². The predicted molar refractivity (Wildman–Crippen MR) is 125 cm³/mol. The number of ether oxygens (including phenoxy) is 2. The van der Waals surface area contributed by atoms with E-state index in [9.17, 15) is 9.59 Å². The van der Waals surface area contributed by atoms with Crippen LogP contribution in [0.2, 0.25) is 10.0 Å². The number of aryl methyl sites for hydroxylation is 1. The van der Waals surface area contributed by atoms with Crippen LogP contribution in [0.25, 0.3) is 11.3 Å². The Morgan fingerprint density at radius 1 is 0.969 bits per heavy atom. The number of hydrogen-bond acceptors (Lipinski definition) is 4. The highest BCUT2D eigenvalue weighted by molar-refractivity contribution is 6.42. The van der Waals surface area contributed by atoms with Gasteiger partial charge in [-0.3, -0.25) is 0 Å². The maximum Gasteiger partial charge on any atom is 0.407 e. The van der Waals surface area contributed by atoms with E-state index in [-0.39, 0.29) is 25.3 Å². The summed E-state index contributed by atoms with van der Waals surface area (Å²) < 4.78 is 12.9. The van der Waals surface area contributed by atoms with E-state index in [2.05, 4.69) is 10.6 Å². The Bertz CT molecular complexity index is 1030. The molecule has 2 N–H and O–H groups in total. The smallest absolute Gasteiger partial charge is 0.407 e. The fourth-order valence-electron chi connectivity index (χ4n) is 3.93. The first kappa shape index (κ1) is 24.3. The number of carbonyl (C=O) groups is 2. The fourth-order valence-corrected chi connectivity index (χ4v) is 4.28. The van der Waals surface area contributed by atoms with Gasteiger partial charge in [0.1, 0.15) is 13.2 Å². The Labute approximate surface area is 198 Å². The van der Waals surface area contributed by atoms with Gasteiger partial charge in [-0.25, -0.2) is 9.59 Å². The number of rotatable bonds is 6. The van der Waals surface area contributed by atoms with Crippen molar-refractivity contribution in [2.45, 2.75) is 65.8 Å². The number of aromatic nitrogens is 1. The minimum atomic E-state index is -0.501. The Kier molecular flexibility index (Phi) is 7.62. The molecule has 1 aliphatic carbocycles. The lowest BCUT2D eigenvalue weighted by Crippen LogP contribution is -2.31. The van der Waals surface area contributed by atoms with Crippen molar-refractivity contribution in [1.29, 1.82) is 0 Å². The van der Waals surface area contributed by atoms with Crippen LogP contribution in [-0.2, 0) is 42.6 Å². The Hall–Kier alpha value is -2.38. The van der Waals surface area contributed by atoms with Crippen LogP contribution < -0.4 is 10.6 Å². The minimum absolute atomic E-state index is 0.0338. The third kappa shape index (κ3) is 5.33. The molecule has 1 heterocycles. The minimum Gasteiger partial charge on any atom is -0.445 e. The molecule has 0 unspecified atom stereocenters. The summed E-state index contributed by atoms with van der Waals surface area (Å²) in [4.78, 5) is 24.2. The largest absolute Gasteiger partial charge is 0.445 e. The number of carbonyl (C=O) groups excluding carboxylic acids is 2. The van der Waals surface area contributed by atoms with Crippen LogP contribution in [0.15, 0.2) is 12.1 Å². The third-order valence-electron chi connectivity index (χ3n) is 5.28. The standard InChI is InChI=1S/C23H29Cl2N3O4/c1-12(2)26-22(29)31-10-17-15-7-6-14-8-18(24)19(25)9-16(14)21(15)28(5)20(17)11-32-23(30)27-13(3)4/h8-9,12-13H,6-7,10-11H2,1-5H3,(H,26,29)(H,27,30). The second-order valence-electron chi connectivity index (χ2n) is 8.49. The van der Waals surface area contributed by atoms with Crippen molar-refractivity contribution in [2.24, 2.45) is 7.05 Å². The lowest BCUT2D eigenvalue weighted by atomic mass is 9.88. The second kappa shape index (κ2) is 10.0. The van der Waals surface area contributed by atoms with E-state index in [1.807, 2.05) is 51.4 Å². The van der Waals surface area contributed by atoms with Crippen molar-refractivity contribution >= 4 is 35.4 Å². The molecular weight excluding hydrogens is 453 g/mol. The van der Waals surface area contributed by atoms with E-state index in [0.717, 1.165) is 46.5 Å². The molecule has 7 nitrogen and oxygen atoms in total. The van der Waals surface area contributed by atoms with Crippen LogP contribution in [-0.4, -0.2) is 28.8 Å². The first-order valence-corrected chi connectivity index (χ1v) is 11.4. The highest BCUT2D eigenvalue weighted by Gasteiger charge is 2.28. The second-order valence-corrected chi connectivity index (χ2v) is 9.30. The maximum absolute atomic E-state index is 12.1. The van der Waals surface area contributed by atoms with Gasteiger partial charge >= 0.3 is 12.2 Å². The van der Waals surface area contributed by atoms with Gasteiger partial charge in [0.05, 0.1) is 21.4 Å². The number of benzene rings is 1. The van der Waals surface area contributed by atoms with Gasteiger partial charge in [-0.15, -0.1) is 0 Å². The van der Waals surface area contributed by atoms with Gasteiger partial charge < -0.3 is 24.7 Å². The number of hydrogen-bond donors (Lipinski definition) is 2. The number of halogens is 2. The Morgan fingerprint density at radius 2 is 1.53 bits per heavy atom. The molecule has 0 radical (unpaired) electrons. The zero-order chi connectivity index (χ0) is 23.6. The molecule has 0 saturated carbocycles. The van der Waals surface area contributed by atoms with E-state index >= 15 is 0 Å². The van der Waals surface area contributed by atoms with Crippen molar-refractivity contribution < 1.29 is 19.1 Å². The average Bonchev–Trinajstić information content (AvgIpc) is 2.96. The Balaban J connectivity index is 1.99.